The number of nitro benzene ring substituents is 1. The van der Waals surface area contributed by atoms with Crippen molar-refractivity contribution in [1.29, 1.82) is 0 Å². The van der Waals surface area contributed by atoms with Crippen LogP contribution in [0.5, 0.6) is 0 Å². The summed E-state index contributed by atoms with van der Waals surface area (Å²) in [5, 5.41) is 22.8. The Bertz CT molecular complexity index is 491. The molecular formula is C12H15IN2O4. The lowest BCUT2D eigenvalue weighted by Crippen LogP contribution is -2.28. The van der Waals surface area contributed by atoms with Gasteiger partial charge in [0.05, 0.1) is 11.3 Å². The molecule has 0 spiro atoms. The normalized spacial score (nSPS) is 12.2. The van der Waals surface area contributed by atoms with E-state index in [0.29, 0.717) is 5.69 Å². The van der Waals surface area contributed by atoms with Crippen molar-refractivity contribution in [1.82, 2.24) is 0 Å². The molecule has 0 saturated heterocycles. The second kappa shape index (κ2) is 6.69. The Morgan fingerprint density at radius 2 is 2.16 bits per heavy atom. The fourth-order valence-electron chi connectivity index (χ4n) is 1.62. The number of nitrogens with zero attached hydrogens (tertiary/aromatic N) is 1. The van der Waals surface area contributed by atoms with Gasteiger partial charge in [-0.25, -0.2) is 0 Å². The molecule has 1 aromatic carbocycles. The summed E-state index contributed by atoms with van der Waals surface area (Å²) in [5.74, 6) is -0.880. The van der Waals surface area contributed by atoms with E-state index in [-0.39, 0.29) is 24.1 Å². The average molecular weight is 378 g/mol. The van der Waals surface area contributed by atoms with Gasteiger partial charge in [0.15, 0.2) is 0 Å². The molecule has 0 amide bonds. The van der Waals surface area contributed by atoms with Crippen LogP contribution in [0.4, 0.5) is 11.4 Å². The highest BCUT2D eigenvalue weighted by Gasteiger charge is 2.21. The summed E-state index contributed by atoms with van der Waals surface area (Å²) in [6.07, 6.45) is -0.0825. The van der Waals surface area contributed by atoms with Gasteiger partial charge in [0.2, 0.25) is 0 Å². The molecule has 6 nitrogen and oxygen atoms in total. The number of hydrogen-bond acceptors (Lipinski definition) is 4. The van der Waals surface area contributed by atoms with Crippen LogP contribution in [0.15, 0.2) is 18.2 Å². The molecule has 1 aromatic rings. The van der Waals surface area contributed by atoms with E-state index >= 15 is 0 Å². The van der Waals surface area contributed by atoms with Gasteiger partial charge in [-0.3, -0.25) is 14.9 Å². The summed E-state index contributed by atoms with van der Waals surface area (Å²) in [7, 11) is 0. The topological polar surface area (TPSA) is 92.5 Å². The van der Waals surface area contributed by atoms with Crippen molar-refractivity contribution in [2.45, 2.75) is 26.3 Å². The van der Waals surface area contributed by atoms with Crippen LogP contribution < -0.4 is 5.32 Å². The Labute approximate surface area is 124 Å². The lowest BCUT2D eigenvalue weighted by Gasteiger charge is -2.21. The average Bonchev–Trinajstić information content (AvgIpc) is 2.29. The highest BCUT2D eigenvalue weighted by Crippen LogP contribution is 2.28. The summed E-state index contributed by atoms with van der Waals surface area (Å²) in [6.45, 7) is 3.75. The van der Waals surface area contributed by atoms with Gasteiger partial charge in [0.1, 0.15) is 5.69 Å². The van der Waals surface area contributed by atoms with E-state index in [0.717, 1.165) is 3.57 Å². The van der Waals surface area contributed by atoms with Gasteiger partial charge in [-0.05, 0) is 40.6 Å². The van der Waals surface area contributed by atoms with Crippen LogP contribution in [0.2, 0.25) is 0 Å². The predicted octanol–water partition coefficient (Wildman–Crippen LogP) is 3.11. The SMILES string of the molecule is CC(C)C(CC(=O)O)Nc1ccc(I)cc1[N+](=O)[O-]. The first-order chi connectivity index (χ1) is 8.81. The molecule has 0 aliphatic rings. The van der Waals surface area contributed by atoms with Crippen LogP contribution in [0.25, 0.3) is 0 Å². The van der Waals surface area contributed by atoms with Gasteiger partial charge >= 0.3 is 5.97 Å². The van der Waals surface area contributed by atoms with Crippen molar-refractivity contribution in [3.8, 4) is 0 Å². The van der Waals surface area contributed by atoms with E-state index in [1.165, 1.54) is 6.07 Å². The van der Waals surface area contributed by atoms with Gasteiger partial charge in [-0.1, -0.05) is 13.8 Å². The number of anilines is 1. The van der Waals surface area contributed by atoms with Crippen molar-refractivity contribution in [2.24, 2.45) is 5.92 Å². The third-order valence-corrected chi connectivity index (χ3v) is 3.37. The Hall–Kier alpha value is -1.38. The zero-order chi connectivity index (χ0) is 14.6. The molecule has 19 heavy (non-hydrogen) atoms. The summed E-state index contributed by atoms with van der Waals surface area (Å²) in [6, 6.07) is 4.46. The van der Waals surface area contributed by atoms with Crippen molar-refractivity contribution in [3.63, 3.8) is 0 Å². The largest absolute Gasteiger partial charge is 0.481 e. The van der Waals surface area contributed by atoms with Crippen LogP contribution >= 0.6 is 22.6 Å². The summed E-state index contributed by atoms with van der Waals surface area (Å²) in [4.78, 5) is 21.3. The number of halogens is 1. The Kier molecular flexibility index (Phi) is 5.52. The summed E-state index contributed by atoms with van der Waals surface area (Å²) >= 11 is 2.00. The maximum absolute atomic E-state index is 11.0. The van der Waals surface area contributed by atoms with Gasteiger partial charge in [0, 0.05) is 15.7 Å². The van der Waals surface area contributed by atoms with Gasteiger partial charge < -0.3 is 10.4 Å². The molecule has 1 atom stereocenters. The third kappa shape index (κ3) is 4.66. The molecule has 0 heterocycles. The molecule has 0 fully saturated rings. The van der Waals surface area contributed by atoms with E-state index < -0.39 is 10.9 Å². The molecule has 1 rings (SSSR count). The zero-order valence-corrected chi connectivity index (χ0v) is 12.7. The molecule has 0 aliphatic heterocycles. The molecule has 0 radical (unpaired) electrons. The number of nitrogens with one attached hydrogen (secondary N) is 1. The summed E-state index contributed by atoms with van der Waals surface area (Å²) in [5.41, 5.74) is 0.313. The van der Waals surface area contributed by atoms with E-state index in [2.05, 4.69) is 5.32 Å². The minimum atomic E-state index is -0.931. The standard InChI is InChI=1S/C12H15IN2O4/c1-7(2)10(6-12(16)17)14-9-4-3-8(13)5-11(9)15(18)19/h3-5,7,10,14H,6H2,1-2H3,(H,16,17). The smallest absolute Gasteiger partial charge is 0.305 e. The second-order valence-electron chi connectivity index (χ2n) is 4.51. The number of aliphatic carboxylic acids is 1. The summed E-state index contributed by atoms with van der Waals surface area (Å²) < 4.78 is 0.759. The van der Waals surface area contributed by atoms with Gasteiger partial charge in [-0.15, -0.1) is 0 Å². The fourth-order valence-corrected chi connectivity index (χ4v) is 2.09. The Morgan fingerprint density at radius 3 is 2.63 bits per heavy atom. The second-order valence-corrected chi connectivity index (χ2v) is 5.76. The number of benzene rings is 1. The van der Waals surface area contributed by atoms with E-state index in [4.69, 9.17) is 5.11 Å². The minimum absolute atomic E-state index is 0.0389. The number of rotatable bonds is 6. The van der Waals surface area contributed by atoms with Crippen LogP contribution in [-0.4, -0.2) is 22.0 Å². The van der Waals surface area contributed by atoms with E-state index in [9.17, 15) is 14.9 Å². The maximum atomic E-state index is 11.0. The number of carboxylic acids is 1. The van der Waals surface area contributed by atoms with Crippen molar-refractivity contribution in [2.75, 3.05) is 5.32 Å². The first-order valence-electron chi connectivity index (χ1n) is 5.73. The van der Waals surface area contributed by atoms with Crippen molar-refractivity contribution in [3.05, 3.63) is 31.9 Å². The Morgan fingerprint density at radius 1 is 1.53 bits per heavy atom. The third-order valence-electron chi connectivity index (χ3n) is 2.70. The molecule has 0 aromatic heterocycles. The Balaban J connectivity index is 3.02. The van der Waals surface area contributed by atoms with Crippen LogP contribution in [0.1, 0.15) is 20.3 Å². The molecule has 0 bridgehead atoms. The van der Waals surface area contributed by atoms with Crippen LogP contribution in [0.3, 0.4) is 0 Å². The number of carbonyl (C=O) groups is 1. The lowest BCUT2D eigenvalue weighted by atomic mass is 10.0. The first kappa shape index (κ1) is 15.7. The lowest BCUT2D eigenvalue weighted by molar-refractivity contribution is -0.384. The van der Waals surface area contributed by atoms with Crippen molar-refractivity contribution >= 4 is 39.9 Å². The number of carboxylic acid groups (broad SMARTS) is 1. The first-order valence-corrected chi connectivity index (χ1v) is 6.81. The quantitative estimate of drug-likeness (QED) is 0.451. The molecule has 0 aliphatic carbocycles. The number of hydrogen-bond donors (Lipinski definition) is 2. The van der Waals surface area contributed by atoms with Crippen LogP contribution in [-0.2, 0) is 4.79 Å². The van der Waals surface area contributed by atoms with E-state index in [1.54, 1.807) is 12.1 Å². The fraction of sp³-hybridized carbons (Fsp3) is 0.417. The highest BCUT2D eigenvalue weighted by atomic mass is 127. The van der Waals surface area contributed by atoms with Gasteiger partial charge in [-0.2, -0.15) is 0 Å². The molecule has 2 N–H and O–H groups in total. The van der Waals surface area contributed by atoms with Crippen LogP contribution in [0, 0.1) is 19.6 Å². The van der Waals surface area contributed by atoms with E-state index in [1.807, 2.05) is 36.4 Å². The maximum Gasteiger partial charge on any atom is 0.305 e. The van der Waals surface area contributed by atoms with Gasteiger partial charge in [0.25, 0.3) is 5.69 Å². The molecule has 7 heteroatoms. The number of nitro groups is 1. The molecule has 0 saturated carbocycles. The molecule has 1 unspecified atom stereocenters. The zero-order valence-electron chi connectivity index (χ0n) is 10.6. The van der Waals surface area contributed by atoms with Crippen molar-refractivity contribution < 1.29 is 14.8 Å². The monoisotopic (exact) mass is 378 g/mol. The predicted molar refractivity (Wildman–Crippen MR) is 80.3 cm³/mol. The minimum Gasteiger partial charge on any atom is -0.481 e. The molecule has 104 valence electrons. The highest BCUT2D eigenvalue weighted by molar-refractivity contribution is 14.1. The molecular weight excluding hydrogens is 363 g/mol.